The maximum Gasteiger partial charge on any atom is 0.335 e. The summed E-state index contributed by atoms with van der Waals surface area (Å²) >= 11 is 0. The van der Waals surface area contributed by atoms with E-state index in [1.54, 1.807) is 12.1 Å². The molecule has 0 heterocycles. The zero-order chi connectivity index (χ0) is 9.30. The van der Waals surface area contributed by atoms with Crippen LogP contribution >= 0.6 is 0 Å². The molecule has 1 rings (SSSR count). The second-order valence-corrected chi connectivity index (χ2v) is 3.04. The van der Waals surface area contributed by atoms with Crippen molar-refractivity contribution < 1.29 is 9.90 Å². The Bertz CT molecular complexity index is 308. The fourth-order valence-corrected chi connectivity index (χ4v) is 1.16. The highest BCUT2D eigenvalue weighted by Gasteiger charge is 2.05. The van der Waals surface area contributed by atoms with Crippen LogP contribution in [0.2, 0.25) is 0 Å². The van der Waals surface area contributed by atoms with Gasteiger partial charge in [-0.3, -0.25) is 0 Å². The summed E-state index contributed by atoms with van der Waals surface area (Å²) in [6.07, 6.45) is 0. The number of carboxylic acids is 1. The third-order valence-corrected chi connectivity index (χ3v) is 2.17. The summed E-state index contributed by atoms with van der Waals surface area (Å²) in [5.41, 5.74) is 3.61. The Kier molecular flexibility index (Phi) is 2.22. The van der Waals surface area contributed by atoms with E-state index in [4.69, 9.17) is 5.11 Å². The minimum absolute atomic E-state index is 0.371. The number of hydrogen-bond donors (Lipinski definition) is 1. The predicted octanol–water partition coefficient (Wildman–Crippen LogP) is 0.260. The van der Waals surface area contributed by atoms with Gasteiger partial charge in [-0.05, 0) is 25.5 Å². The van der Waals surface area contributed by atoms with Crippen molar-refractivity contribution >= 4 is 19.3 Å². The van der Waals surface area contributed by atoms with Crippen molar-refractivity contribution in [3.63, 3.8) is 0 Å². The van der Waals surface area contributed by atoms with E-state index in [9.17, 15) is 4.79 Å². The van der Waals surface area contributed by atoms with E-state index in [-0.39, 0.29) is 0 Å². The first-order valence-electron chi connectivity index (χ1n) is 3.83. The highest BCUT2D eigenvalue weighted by Crippen LogP contribution is 2.06. The molecule has 0 spiro atoms. The first-order valence-corrected chi connectivity index (χ1v) is 3.83. The Morgan fingerprint density at radius 3 is 2.42 bits per heavy atom. The van der Waals surface area contributed by atoms with E-state index in [1.165, 1.54) is 5.56 Å². The monoisotopic (exact) mass is 162 g/mol. The van der Waals surface area contributed by atoms with Crippen molar-refractivity contribution in [1.82, 2.24) is 0 Å². The van der Waals surface area contributed by atoms with Crippen molar-refractivity contribution in [1.29, 1.82) is 0 Å². The SMILES string of the molecule is Bc1cc(C(=O)O)cc(C)c1C. The van der Waals surface area contributed by atoms with Crippen LogP contribution in [-0.4, -0.2) is 18.9 Å². The molecule has 0 atom stereocenters. The molecule has 2 nitrogen and oxygen atoms in total. The molecule has 62 valence electrons. The van der Waals surface area contributed by atoms with Crippen LogP contribution in [0.4, 0.5) is 0 Å². The third kappa shape index (κ3) is 1.50. The second-order valence-electron chi connectivity index (χ2n) is 3.04. The first-order chi connectivity index (χ1) is 5.52. The number of aromatic carboxylic acids is 1. The van der Waals surface area contributed by atoms with Gasteiger partial charge >= 0.3 is 5.97 Å². The molecular weight excluding hydrogens is 151 g/mol. The zero-order valence-corrected chi connectivity index (χ0v) is 7.51. The molecule has 0 bridgehead atoms. The Hall–Kier alpha value is -1.25. The highest BCUT2D eigenvalue weighted by molar-refractivity contribution is 6.33. The van der Waals surface area contributed by atoms with Gasteiger partial charge in [0.15, 0.2) is 0 Å². The summed E-state index contributed by atoms with van der Waals surface area (Å²) in [6.45, 7) is 3.92. The van der Waals surface area contributed by atoms with Gasteiger partial charge in [-0.2, -0.15) is 0 Å². The summed E-state index contributed by atoms with van der Waals surface area (Å²) in [6, 6.07) is 3.40. The summed E-state index contributed by atoms with van der Waals surface area (Å²) in [4.78, 5) is 10.6. The van der Waals surface area contributed by atoms with Crippen LogP contribution in [0.15, 0.2) is 12.1 Å². The number of aryl methyl sites for hydroxylation is 1. The van der Waals surface area contributed by atoms with Gasteiger partial charge in [0, 0.05) is 0 Å². The van der Waals surface area contributed by atoms with Crippen molar-refractivity contribution in [3.8, 4) is 0 Å². The molecule has 0 unspecified atom stereocenters. The number of carboxylic acid groups (broad SMARTS) is 1. The molecule has 0 amide bonds. The molecule has 0 fully saturated rings. The average Bonchev–Trinajstić information content (AvgIpc) is 1.99. The number of benzene rings is 1. The summed E-state index contributed by atoms with van der Waals surface area (Å²) < 4.78 is 0. The third-order valence-electron chi connectivity index (χ3n) is 2.17. The lowest BCUT2D eigenvalue weighted by Crippen LogP contribution is -2.12. The van der Waals surface area contributed by atoms with Gasteiger partial charge in [0.25, 0.3) is 0 Å². The molecule has 1 aromatic rings. The van der Waals surface area contributed by atoms with Crippen LogP contribution in [-0.2, 0) is 0 Å². The van der Waals surface area contributed by atoms with Crippen LogP contribution in [0.5, 0.6) is 0 Å². The summed E-state index contributed by atoms with van der Waals surface area (Å²) in [5, 5.41) is 8.72. The zero-order valence-electron chi connectivity index (χ0n) is 7.51. The predicted molar refractivity (Wildman–Crippen MR) is 51.1 cm³/mol. The van der Waals surface area contributed by atoms with E-state index < -0.39 is 5.97 Å². The van der Waals surface area contributed by atoms with Crippen molar-refractivity contribution in [3.05, 3.63) is 28.8 Å². The minimum Gasteiger partial charge on any atom is -0.478 e. The average molecular weight is 162 g/mol. The van der Waals surface area contributed by atoms with E-state index in [0.29, 0.717) is 5.56 Å². The topological polar surface area (TPSA) is 37.3 Å². The molecule has 1 N–H and O–H groups in total. The molecule has 0 saturated heterocycles. The van der Waals surface area contributed by atoms with Crippen molar-refractivity contribution in [2.24, 2.45) is 0 Å². The summed E-state index contributed by atoms with van der Waals surface area (Å²) in [5.74, 6) is -0.860. The van der Waals surface area contributed by atoms with Gasteiger partial charge in [0.2, 0.25) is 0 Å². The van der Waals surface area contributed by atoms with Gasteiger partial charge in [0.05, 0.1) is 5.56 Å². The van der Waals surface area contributed by atoms with E-state index >= 15 is 0 Å². The maximum absolute atomic E-state index is 10.6. The highest BCUT2D eigenvalue weighted by atomic mass is 16.4. The van der Waals surface area contributed by atoms with Gasteiger partial charge in [0.1, 0.15) is 7.85 Å². The number of carbonyl (C=O) groups is 1. The van der Waals surface area contributed by atoms with Gasteiger partial charge in [-0.25, -0.2) is 4.79 Å². The van der Waals surface area contributed by atoms with Gasteiger partial charge in [-0.15, -0.1) is 0 Å². The fourth-order valence-electron chi connectivity index (χ4n) is 1.16. The van der Waals surface area contributed by atoms with Gasteiger partial charge < -0.3 is 5.11 Å². The van der Waals surface area contributed by atoms with Gasteiger partial charge in [-0.1, -0.05) is 17.1 Å². The molecule has 0 aliphatic heterocycles. The summed E-state index contributed by atoms with van der Waals surface area (Å²) in [7, 11) is 1.93. The van der Waals surface area contributed by atoms with Crippen LogP contribution in [0.25, 0.3) is 0 Å². The lowest BCUT2D eigenvalue weighted by Gasteiger charge is -2.05. The lowest BCUT2D eigenvalue weighted by atomic mass is 9.87. The fraction of sp³-hybridized carbons (Fsp3) is 0.222. The number of rotatable bonds is 1. The van der Waals surface area contributed by atoms with Crippen molar-refractivity contribution in [2.45, 2.75) is 13.8 Å². The van der Waals surface area contributed by atoms with Crippen LogP contribution in [0, 0.1) is 13.8 Å². The Balaban J connectivity index is 3.31. The first kappa shape index (κ1) is 8.85. The largest absolute Gasteiger partial charge is 0.478 e. The molecule has 0 aromatic heterocycles. The molecule has 0 radical (unpaired) electrons. The molecule has 0 saturated carbocycles. The molecule has 0 aliphatic rings. The Morgan fingerprint density at radius 1 is 1.42 bits per heavy atom. The normalized spacial score (nSPS) is 9.83. The van der Waals surface area contributed by atoms with E-state index in [2.05, 4.69) is 0 Å². The molecule has 3 heteroatoms. The quantitative estimate of drug-likeness (QED) is 0.601. The molecule has 12 heavy (non-hydrogen) atoms. The Morgan fingerprint density at radius 2 is 2.00 bits per heavy atom. The van der Waals surface area contributed by atoms with Crippen LogP contribution < -0.4 is 5.46 Å². The smallest absolute Gasteiger partial charge is 0.335 e. The van der Waals surface area contributed by atoms with Crippen molar-refractivity contribution in [2.75, 3.05) is 0 Å². The lowest BCUT2D eigenvalue weighted by molar-refractivity contribution is 0.0697. The minimum atomic E-state index is -0.860. The molecule has 0 aliphatic carbocycles. The standard InChI is InChI=1S/C9H11BO2/c1-5-3-7(9(11)12)4-8(10)6(5)2/h3-4H,10H2,1-2H3,(H,11,12). The van der Waals surface area contributed by atoms with Crippen LogP contribution in [0.1, 0.15) is 21.5 Å². The second kappa shape index (κ2) is 3.01. The van der Waals surface area contributed by atoms with Crippen LogP contribution in [0.3, 0.4) is 0 Å². The van der Waals surface area contributed by atoms with E-state index in [0.717, 1.165) is 11.0 Å². The maximum atomic E-state index is 10.6. The van der Waals surface area contributed by atoms with E-state index in [1.807, 2.05) is 21.7 Å². The molecule has 1 aromatic carbocycles. The number of hydrogen-bond acceptors (Lipinski definition) is 1. The Labute approximate surface area is 72.6 Å². The molecular formula is C9H11BO2.